The van der Waals surface area contributed by atoms with Crippen LogP contribution in [-0.2, 0) is 14.8 Å². The van der Waals surface area contributed by atoms with Gasteiger partial charge in [-0.2, -0.15) is 4.31 Å². The van der Waals surface area contributed by atoms with E-state index in [0.717, 1.165) is 25.7 Å². The molecule has 1 aromatic heterocycles. The van der Waals surface area contributed by atoms with Crippen LogP contribution in [0.25, 0.3) is 0 Å². The Hall–Kier alpha value is -1.41. The molecule has 0 bridgehead atoms. The molecule has 3 aliphatic rings. The molecule has 4 rings (SSSR count). The molecule has 1 amide bonds. The molecule has 1 aromatic rings. The Balaban J connectivity index is 1.45. The average molecular weight is 424 g/mol. The molecule has 3 fully saturated rings. The number of carbonyl (C=O) groups excluding carboxylic acids is 1. The van der Waals surface area contributed by atoms with E-state index in [2.05, 4.69) is 10.1 Å². The first-order valence-electron chi connectivity index (χ1n) is 11.1. The van der Waals surface area contributed by atoms with Crippen molar-refractivity contribution in [2.45, 2.75) is 95.0 Å². The van der Waals surface area contributed by atoms with Crippen LogP contribution >= 0.6 is 0 Å². The van der Waals surface area contributed by atoms with Crippen molar-refractivity contribution in [3.05, 3.63) is 11.5 Å². The summed E-state index contributed by atoms with van der Waals surface area (Å²) >= 11 is 0. The summed E-state index contributed by atoms with van der Waals surface area (Å²) in [6, 6.07) is 0.796. The minimum Gasteiger partial charge on any atom is -0.360 e. The molecule has 0 spiro atoms. The van der Waals surface area contributed by atoms with Crippen molar-refractivity contribution in [3.8, 4) is 0 Å². The van der Waals surface area contributed by atoms with Crippen LogP contribution in [0.4, 0.5) is 0 Å². The largest absolute Gasteiger partial charge is 0.360 e. The second-order valence-electron chi connectivity index (χ2n) is 8.95. The third-order valence-corrected chi connectivity index (χ3v) is 9.20. The number of rotatable bonds is 5. The summed E-state index contributed by atoms with van der Waals surface area (Å²) in [5.74, 6) is 0.542. The van der Waals surface area contributed by atoms with E-state index in [1.54, 1.807) is 13.8 Å². The van der Waals surface area contributed by atoms with Gasteiger partial charge in [-0.25, -0.2) is 8.42 Å². The van der Waals surface area contributed by atoms with Gasteiger partial charge in [0.15, 0.2) is 5.76 Å². The van der Waals surface area contributed by atoms with E-state index in [-0.39, 0.29) is 16.7 Å². The molecule has 0 unspecified atom stereocenters. The first-order valence-corrected chi connectivity index (χ1v) is 12.6. The molecule has 162 valence electrons. The lowest BCUT2D eigenvalue weighted by Gasteiger charge is -2.39. The van der Waals surface area contributed by atoms with Crippen LogP contribution in [0.3, 0.4) is 0 Å². The third kappa shape index (κ3) is 3.98. The lowest BCUT2D eigenvalue weighted by Crippen LogP contribution is -2.50. The van der Waals surface area contributed by atoms with Crippen LogP contribution in [0.1, 0.15) is 75.7 Å². The van der Waals surface area contributed by atoms with Gasteiger partial charge in [-0.05, 0) is 52.4 Å². The molecular weight excluding hydrogens is 390 g/mol. The van der Waals surface area contributed by atoms with Crippen molar-refractivity contribution in [2.75, 3.05) is 13.1 Å². The van der Waals surface area contributed by atoms with E-state index in [0.29, 0.717) is 49.5 Å². The molecular formula is C21H33N3O4S. The fourth-order valence-electron chi connectivity index (χ4n) is 5.55. The van der Waals surface area contributed by atoms with Crippen LogP contribution in [-0.4, -0.2) is 53.9 Å². The highest BCUT2D eigenvalue weighted by atomic mass is 32.2. The van der Waals surface area contributed by atoms with Crippen molar-refractivity contribution >= 4 is 15.9 Å². The highest BCUT2D eigenvalue weighted by Gasteiger charge is 2.40. The van der Waals surface area contributed by atoms with E-state index in [4.69, 9.17) is 4.52 Å². The maximum atomic E-state index is 13.5. The summed E-state index contributed by atoms with van der Waals surface area (Å²) in [4.78, 5) is 15.9. The number of hydrogen-bond donors (Lipinski definition) is 0. The van der Waals surface area contributed by atoms with E-state index in [1.807, 2.05) is 0 Å². The summed E-state index contributed by atoms with van der Waals surface area (Å²) in [5.41, 5.74) is 0.398. The monoisotopic (exact) mass is 423 g/mol. The molecule has 0 radical (unpaired) electrons. The first-order chi connectivity index (χ1) is 13.9. The molecule has 1 aliphatic heterocycles. The SMILES string of the molecule is Cc1noc(C)c1S(=O)(=O)N1CCC(C(=O)N(C2CCCC2)C2CCCC2)CC1. The maximum Gasteiger partial charge on any atom is 0.248 e. The standard InChI is InChI=1S/C21H33N3O4S/c1-15-20(16(2)28-22-15)29(26,27)23-13-11-17(12-14-23)21(25)24(18-7-3-4-8-18)19-9-5-6-10-19/h17-19H,3-14H2,1-2H3. The van der Waals surface area contributed by atoms with E-state index >= 15 is 0 Å². The van der Waals surface area contributed by atoms with Crippen LogP contribution in [0.5, 0.6) is 0 Å². The van der Waals surface area contributed by atoms with Crippen LogP contribution in [0, 0.1) is 19.8 Å². The second-order valence-corrected chi connectivity index (χ2v) is 10.8. The number of nitrogens with zero attached hydrogens (tertiary/aromatic N) is 3. The van der Waals surface area contributed by atoms with E-state index in [9.17, 15) is 13.2 Å². The molecule has 2 aliphatic carbocycles. The number of sulfonamides is 1. The Kier molecular flexibility index (Phi) is 6.02. The van der Waals surface area contributed by atoms with E-state index < -0.39 is 10.0 Å². The Morgan fingerprint density at radius 2 is 1.48 bits per heavy atom. The highest BCUT2D eigenvalue weighted by molar-refractivity contribution is 7.89. The van der Waals surface area contributed by atoms with Crippen molar-refractivity contribution in [1.29, 1.82) is 0 Å². The van der Waals surface area contributed by atoms with Gasteiger partial charge in [0, 0.05) is 31.1 Å². The lowest BCUT2D eigenvalue weighted by molar-refractivity contribution is -0.141. The molecule has 29 heavy (non-hydrogen) atoms. The topological polar surface area (TPSA) is 83.7 Å². The molecule has 0 aromatic carbocycles. The van der Waals surface area contributed by atoms with Gasteiger partial charge in [-0.3, -0.25) is 4.79 Å². The molecule has 2 saturated carbocycles. The predicted molar refractivity (Wildman–Crippen MR) is 109 cm³/mol. The van der Waals surface area contributed by atoms with Gasteiger partial charge >= 0.3 is 0 Å². The number of amides is 1. The van der Waals surface area contributed by atoms with Gasteiger partial charge in [0.05, 0.1) is 0 Å². The Bertz CT molecular complexity index is 795. The molecule has 7 nitrogen and oxygen atoms in total. The number of carbonyl (C=O) groups is 1. The van der Waals surface area contributed by atoms with Gasteiger partial charge in [0.25, 0.3) is 0 Å². The normalized spacial score (nSPS) is 23.1. The van der Waals surface area contributed by atoms with Crippen molar-refractivity contribution in [3.63, 3.8) is 0 Å². The van der Waals surface area contributed by atoms with Crippen molar-refractivity contribution in [2.24, 2.45) is 5.92 Å². The fourth-order valence-corrected chi connectivity index (χ4v) is 7.31. The van der Waals surface area contributed by atoms with Gasteiger partial charge in [0.1, 0.15) is 10.6 Å². The zero-order valence-electron chi connectivity index (χ0n) is 17.6. The molecule has 2 heterocycles. The first kappa shape index (κ1) is 20.8. The number of aryl methyl sites for hydroxylation is 2. The van der Waals surface area contributed by atoms with Crippen LogP contribution in [0.15, 0.2) is 9.42 Å². The Morgan fingerprint density at radius 3 is 1.93 bits per heavy atom. The molecule has 1 saturated heterocycles. The summed E-state index contributed by atoms with van der Waals surface area (Å²) in [5, 5.41) is 3.79. The zero-order valence-corrected chi connectivity index (χ0v) is 18.4. The second kappa shape index (κ2) is 8.38. The minimum atomic E-state index is -3.63. The molecule has 0 N–H and O–H groups in total. The van der Waals surface area contributed by atoms with Gasteiger partial charge in [-0.15, -0.1) is 0 Å². The average Bonchev–Trinajstić information content (AvgIpc) is 3.46. The minimum absolute atomic E-state index is 0.0627. The maximum absolute atomic E-state index is 13.5. The summed E-state index contributed by atoms with van der Waals surface area (Å²) in [6.07, 6.45) is 10.6. The molecule has 8 heteroatoms. The quantitative estimate of drug-likeness (QED) is 0.725. The van der Waals surface area contributed by atoms with Crippen LogP contribution in [0.2, 0.25) is 0 Å². The fraction of sp³-hybridized carbons (Fsp3) is 0.810. The van der Waals surface area contributed by atoms with Crippen molar-refractivity contribution in [1.82, 2.24) is 14.4 Å². The van der Waals surface area contributed by atoms with Gasteiger partial charge in [-0.1, -0.05) is 30.8 Å². The summed E-state index contributed by atoms with van der Waals surface area (Å²) < 4.78 is 32.7. The molecule has 0 atom stereocenters. The smallest absolute Gasteiger partial charge is 0.248 e. The number of piperidine rings is 1. The van der Waals surface area contributed by atoms with Gasteiger partial charge in [0.2, 0.25) is 15.9 Å². The Morgan fingerprint density at radius 1 is 0.966 bits per heavy atom. The third-order valence-electron chi connectivity index (χ3n) is 7.06. The lowest BCUT2D eigenvalue weighted by atomic mass is 9.94. The van der Waals surface area contributed by atoms with Crippen molar-refractivity contribution < 1.29 is 17.7 Å². The van der Waals surface area contributed by atoms with E-state index in [1.165, 1.54) is 30.0 Å². The number of hydrogen-bond acceptors (Lipinski definition) is 5. The number of aromatic nitrogens is 1. The summed E-state index contributed by atoms with van der Waals surface area (Å²) in [7, 11) is -3.63. The predicted octanol–water partition coefficient (Wildman–Crippen LogP) is 3.41. The zero-order chi connectivity index (χ0) is 20.6. The van der Waals surface area contributed by atoms with Gasteiger partial charge < -0.3 is 9.42 Å². The summed E-state index contributed by atoms with van der Waals surface area (Å²) in [6.45, 7) is 4.04. The van der Waals surface area contributed by atoms with Crippen LogP contribution < -0.4 is 0 Å². The highest BCUT2D eigenvalue weighted by Crippen LogP contribution is 2.35. The Labute approximate surface area is 173 Å².